The number of carbonyl (C=O) groups is 1. The number of halogens is 1. The summed E-state index contributed by atoms with van der Waals surface area (Å²) in [5.41, 5.74) is 1.60. The topological polar surface area (TPSA) is 45.7 Å². The first-order valence-electron chi connectivity index (χ1n) is 9.77. The first-order chi connectivity index (χ1) is 14.6. The summed E-state index contributed by atoms with van der Waals surface area (Å²) in [5.74, 6) is 0.446. The molecule has 1 aliphatic heterocycles. The number of aryl methyl sites for hydroxylation is 1. The fraction of sp³-hybridized carbons (Fsp3) is 0.273. The number of carbonyl (C=O) groups excluding carboxylic acids is 1. The predicted molar refractivity (Wildman–Crippen MR) is 120 cm³/mol. The highest BCUT2D eigenvalue weighted by Gasteiger charge is 2.23. The van der Waals surface area contributed by atoms with E-state index in [9.17, 15) is 9.18 Å². The Balaban J connectivity index is 1.26. The average molecular weight is 442 g/mol. The number of amides is 1. The Morgan fingerprint density at radius 2 is 2.00 bits per heavy atom. The molecule has 154 valence electrons. The van der Waals surface area contributed by atoms with Crippen LogP contribution >= 0.6 is 22.7 Å². The summed E-state index contributed by atoms with van der Waals surface area (Å²) >= 11 is 3.27. The van der Waals surface area contributed by atoms with E-state index >= 15 is 0 Å². The van der Waals surface area contributed by atoms with Crippen LogP contribution in [0.4, 0.5) is 10.1 Å². The van der Waals surface area contributed by atoms with Gasteiger partial charge in [-0.3, -0.25) is 4.79 Å². The van der Waals surface area contributed by atoms with Gasteiger partial charge in [-0.05, 0) is 30.5 Å². The van der Waals surface area contributed by atoms with Crippen molar-refractivity contribution in [2.24, 2.45) is 0 Å². The number of rotatable bonds is 4. The number of hydrogen-bond acceptors (Lipinski definition) is 6. The molecule has 0 saturated carbocycles. The number of hydrogen-bond donors (Lipinski definition) is 0. The monoisotopic (exact) mass is 441 g/mol. The molecule has 5 nitrogen and oxygen atoms in total. The summed E-state index contributed by atoms with van der Waals surface area (Å²) in [4.78, 5) is 21.1. The number of fused-ring (bicyclic) bond motifs is 3. The number of nitrogens with zero attached hydrogens (tertiary/aromatic N) is 3. The van der Waals surface area contributed by atoms with Crippen LogP contribution < -0.4 is 9.64 Å². The van der Waals surface area contributed by atoms with Crippen molar-refractivity contribution in [1.82, 2.24) is 9.88 Å². The van der Waals surface area contributed by atoms with E-state index in [1.54, 1.807) is 39.7 Å². The van der Waals surface area contributed by atoms with Gasteiger partial charge in [0.1, 0.15) is 11.6 Å². The summed E-state index contributed by atoms with van der Waals surface area (Å²) in [6.45, 7) is 4.30. The molecule has 30 heavy (non-hydrogen) atoms. The van der Waals surface area contributed by atoms with E-state index in [0.29, 0.717) is 31.9 Å². The number of aromatic nitrogens is 1. The molecule has 0 spiro atoms. The first kappa shape index (κ1) is 19.3. The zero-order chi connectivity index (χ0) is 20.7. The van der Waals surface area contributed by atoms with Gasteiger partial charge in [-0.2, -0.15) is 0 Å². The van der Waals surface area contributed by atoms with Crippen molar-refractivity contribution in [3.8, 4) is 5.75 Å². The van der Waals surface area contributed by atoms with Crippen molar-refractivity contribution >= 4 is 54.6 Å². The van der Waals surface area contributed by atoms with Gasteiger partial charge in [-0.1, -0.05) is 12.1 Å². The van der Waals surface area contributed by atoms with Gasteiger partial charge < -0.3 is 14.5 Å². The smallest absolute Gasteiger partial charge is 0.260 e. The van der Waals surface area contributed by atoms with Gasteiger partial charge in [0.05, 0.1) is 25.6 Å². The lowest BCUT2D eigenvalue weighted by Gasteiger charge is -2.36. The number of piperazine rings is 1. The van der Waals surface area contributed by atoms with Gasteiger partial charge in [-0.25, -0.2) is 9.37 Å². The van der Waals surface area contributed by atoms with Crippen LogP contribution in [0, 0.1) is 12.7 Å². The number of thiophene rings is 1. The van der Waals surface area contributed by atoms with Crippen molar-refractivity contribution in [2.75, 3.05) is 37.7 Å². The summed E-state index contributed by atoms with van der Waals surface area (Å²) in [7, 11) is 0. The third-order valence-electron chi connectivity index (χ3n) is 5.34. The largest absolute Gasteiger partial charge is 0.483 e. The van der Waals surface area contributed by atoms with E-state index in [1.165, 1.54) is 6.07 Å². The van der Waals surface area contributed by atoms with Crippen LogP contribution in [0.5, 0.6) is 5.75 Å². The highest BCUT2D eigenvalue weighted by molar-refractivity contribution is 7.21. The molecule has 1 amide bonds. The van der Waals surface area contributed by atoms with Gasteiger partial charge in [0, 0.05) is 37.6 Å². The molecule has 0 N–H and O–H groups in total. The second-order valence-corrected chi connectivity index (χ2v) is 9.38. The van der Waals surface area contributed by atoms with Crippen LogP contribution in [0.1, 0.15) is 5.01 Å². The minimum Gasteiger partial charge on any atom is -0.483 e. The van der Waals surface area contributed by atoms with E-state index in [-0.39, 0.29) is 18.3 Å². The lowest BCUT2D eigenvalue weighted by Crippen LogP contribution is -2.50. The van der Waals surface area contributed by atoms with E-state index in [4.69, 9.17) is 4.74 Å². The van der Waals surface area contributed by atoms with Crippen LogP contribution in [0.2, 0.25) is 0 Å². The zero-order valence-corrected chi connectivity index (χ0v) is 18.1. The molecule has 2 aromatic heterocycles. The third-order valence-corrected chi connectivity index (χ3v) is 7.18. The number of ether oxygens (including phenoxy) is 1. The van der Waals surface area contributed by atoms with Crippen LogP contribution in [-0.4, -0.2) is 48.6 Å². The van der Waals surface area contributed by atoms with Crippen molar-refractivity contribution in [3.05, 3.63) is 52.6 Å². The standard InChI is InChI=1S/C22H20FN3O2S2/c1-14-24-21-19(30-14)12-18(15-6-11-29-22(15)21)28-13-20(27)26-9-7-25(8-10-26)17-5-3-2-4-16(17)23/h2-6,11-12H,7-10,13H2,1H3. The molecule has 0 radical (unpaired) electrons. The molecule has 5 rings (SSSR count). The molecule has 0 atom stereocenters. The van der Waals surface area contributed by atoms with Gasteiger partial charge in [0.2, 0.25) is 0 Å². The molecule has 0 unspecified atom stereocenters. The third kappa shape index (κ3) is 3.50. The maximum Gasteiger partial charge on any atom is 0.260 e. The number of para-hydroxylation sites is 1. The number of anilines is 1. The minimum absolute atomic E-state index is 0.00601. The second-order valence-electron chi connectivity index (χ2n) is 7.23. The molecular weight excluding hydrogens is 421 g/mol. The Hall–Kier alpha value is -2.71. The second kappa shape index (κ2) is 7.85. The molecular formula is C22H20FN3O2S2. The number of thiazole rings is 1. The molecule has 0 aliphatic carbocycles. The molecule has 1 aliphatic rings. The molecule has 4 aromatic rings. The highest BCUT2D eigenvalue weighted by atomic mass is 32.1. The van der Waals surface area contributed by atoms with Crippen LogP contribution in [-0.2, 0) is 4.79 Å². The molecule has 1 saturated heterocycles. The molecule has 0 bridgehead atoms. The molecule has 1 fully saturated rings. The first-order valence-corrected chi connectivity index (χ1v) is 11.5. The van der Waals surface area contributed by atoms with E-state index in [1.807, 2.05) is 35.4 Å². The summed E-state index contributed by atoms with van der Waals surface area (Å²) in [6.07, 6.45) is 0. The minimum atomic E-state index is -0.228. The van der Waals surface area contributed by atoms with Crippen molar-refractivity contribution in [1.29, 1.82) is 0 Å². The van der Waals surface area contributed by atoms with Gasteiger partial charge in [-0.15, -0.1) is 22.7 Å². The van der Waals surface area contributed by atoms with Gasteiger partial charge in [0.25, 0.3) is 5.91 Å². The molecule has 2 aromatic carbocycles. The van der Waals surface area contributed by atoms with Crippen LogP contribution in [0.3, 0.4) is 0 Å². The Morgan fingerprint density at radius 1 is 1.20 bits per heavy atom. The predicted octanol–water partition coefficient (Wildman–Crippen LogP) is 4.69. The van der Waals surface area contributed by atoms with E-state index in [0.717, 1.165) is 31.1 Å². The van der Waals surface area contributed by atoms with E-state index < -0.39 is 0 Å². The van der Waals surface area contributed by atoms with Gasteiger partial charge >= 0.3 is 0 Å². The fourth-order valence-electron chi connectivity index (χ4n) is 3.84. The lowest BCUT2D eigenvalue weighted by molar-refractivity contribution is -0.133. The normalized spacial score (nSPS) is 14.6. The van der Waals surface area contributed by atoms with Crippen molar-refractivity contribution in [2.45, 2.75) is 6.92 Å². The maximum absolute atomic E-state index is 14.0. The lowest BCUT2D eigenvalue weighted by atomic mass is 10.2. The fourth-order valence-corrected chi connectivity index (χ4v) is 5.68. The maximum atomic E-state index is 14.0. The Kier molecular flexibility index (Phi) is 5.04. The van der Waals surface area contributed by atoms with Gasteiger partial charge in [0.15, 0.2) is 6.61 Å². The molecule has 3 heterocycles. The average Bonchev–Trinajstić information content (AvgIpc) is 3.38. The van der Waals surface area contributed by atoms with Crippen molar-refractivity contribution in [3.63, 3.8) is 0 Å². The Bertz CT molecular complexity index is 1230. The zero-order valence-electron chi connectivity index (χ0n) is 16.4. The SMILES string of the molecule is Cc1nc2c(cc(OCC(=O)N3CCN(c4ccccc4F)CC3)c3ccsc32)s1. The molecule has 8 heteroatoms. The highest BCUT2D eigenvalue weighted by Crippen LogP contribution is 2.38. The Labute approximate surface area is 181 Å². The quantitative estimate of drug-likeness (QED) is 0.461. The van der Waals surface area contributed by atoms with Crippen LogP contribution in [0.15, 0.2) is 41.8 Å². The van der Waals surface area contributed by atoms with E-state index in [2.05, 4.69) is 4.98 Å². The summed E-state index contributed by atoms with van der Waals surface area (Å²) < 4.78 is 22.1. The summed E-state index contributed by atoms with van der Waals surface area (Å²) in [5, 5.41) is 4.03. The number of benzene rings is 2. The Morgan fingerprint density at radius 3 is 2.80 bits per heavy atom. The summed E-state index contributed by atoms with van der Waals surface area (Å²) in [6, 6.07) is 10.8. The van der Waals surface area contributed by atoms with Crippen LogP contribution in [0.25, 0.3) is 20.3 Å². The van der Waals surface area contributed by atoms with Crippen molar-refractivity contribution < 1.29 is 13.9 Å².